The van der Waals surface area contributed by atoms with Gasteiger partial charge >= 0.3 is 0 Å². The van der Waals surface area contributed by atoms with Gasteiger partial charge in [0, 0.05) is 11.6 Å². The number of nitrogens with two attached hydrogens (primary N) is 1. The van der Waals surface area contributed by atoms with E-state index in [-0.39, 0.29) is 0 Å². The van der Waals surface area contributed by atoms with Crippen molar-refractivity contribution in [3.63, 3.8) is 0 Å². The Bertz CT molecular complexity index is 498. The summed E-state index contributed by atoms with van der Waals surface area (Å²) in [5.41, 5.74) is 6.21. The van der Waals surface area contributed by atoms with Crippen molar-refractivity contribution in [2.45, 2.75) is 43.0 Å². The van der Waals surface area contributed by atoms with E-state index >= 15 is 0 Å². The van der Waals surface area contributed by atoms with Crippen molar-refractivity contribution in [3.05, 3.63) is 29.8 Å². The Labute approximate surface area is 117 Å². The Balaban J connectivity index is 2.01. The lowest BCUT2D eigenvalue weighted by molar-refractivity contribution is 0.419. The molecule has 1 aromatic carbocycles. The van der Waals surface area contributed by atoms with Gasteiger partial charge in [0.1, 0.15) is 11.0 Å². The van der Waals surface area contributed by atoms with E-state index in [0.29, 0.717) is 12.6 Å². The third-order valence-electron chi connectivity index (χ3n) is 3.26. The fraction of sp³-hybridized carbons (Fsp3) is 0.467. The maximum atomic E-state index is 12.3. The largest absolute Gasteiger partial charge is 0.320 e. The predicted octanol–water partition coefficient (Wildman–Crippen LogP) is 1.94. The third-order valence-corrected chi connectivity index (χ3v) is 4.49. The predicted molar refractivity (Wildman–Crippen MR) is 78.8 cm³/mol. The van der Waals surface area contributed by atoms with Gasteiger partial charge in [-0.3, -0.25) is 0 Å². The van der Waals surface area contributed by atoms with Gasteiger partial charge in [-0.25, -0.2) is 8.93 Å². The zero-order chi connectivity index (χ0) is 13.5. The molecule has 0 amide bonds. The maximum absolute atomic E-state index is 12.3. The Morgan fingerprint density at radius 2 is 2.11 bits per heavy atom. The van der Waals surface area contributed by atoms with Gasteiger partial charge in [0.15, 0.2) is 0 Å². The molecule has 1 aliphatic rings. The number of benzene rings is 1. The molecule has 2 rings (SSSR count). The lowest BCUT2D eigenvalue weighted by atomic mass is 9.96. The maximum Gasteiger partial charge on any atom is 0.125 e. The van der Waals surface area contributed by atoms with Gasteiger partial charge < -0.3 is 5.73 Å². The average molecular weight is 276 g/mol. The van der Waals surface area contributed by atoms with E-state index in [4.69, 9.17) is 5.73 Å². The lowest BCUT2D eigenvalue weighted by Gasteiger charge is -2.22. The number of nitrogens with one attached hydrogen (secondary N) is 1. The SMILES string of the molecule is NCC#Cc1cccc(S(=O)NC2CCCCC2)c1. The Kier molecular flexibility index (Phi) is 5.59. The first-order valence-corrected chi connectivity index (χ1v) is 7.91. The Morgan fingerprint density at radius 1 is 1.32 bits per heavy atom. The van der Waals surface area contributed by atoms with Crippen LogP contribution in [0, 0.1) is 11.8 Å². The zero-order valence-electron chi connectivity index (χ0n) is 11.0. The van der Waals surface area contributed by atoms with Crippen LogP contribution >= 0.6 is 0 Å². The topological polar surface area (TPSA) is 55.1 Å². The zero-order valence-corrected chi connectivity index (χ0v) is 11.8. The molecule has 0 saturated heterocycles. The third kappa shape index (κ3) is 4.46. The number of rotatable bonds is 3. The highest BCUT2D eigenvalue weighted by atomic mass is 32.2. The van der Waals surface area contributed by atoms with Crippen LogP contribution in [0.15, 0.2) is 29.2 Å². The normalized spacial score (nSPS) is 17.5. The van der Waals surface area contributed by atoms with Crippen LogP contribution in [0.3, 0.4) is 0 Å². The summed E-state index contributed by atoms with van der Waals surface area (Å²) in [6.07, 6.45) is 6.01. The second-order valence-corrected chi connectivity index (χ2v) is 6.00. The van der Waals surface area contributed by atoms with Crippen LogP contribution in [0.4, 0.5) is 0 Å². The summed E-state index contributed by atoms with van der Waals surface area (Å²) in [5.74, 6) is 5.78. The number of hydrogen-bond donors (Lipinski definition) is 2. The molecule has 102 valence electrons. The van der Waals surface area contributed by atoms with E-state index in [9.17, 15) is 4.21 Å². The van der Waals surface area contributed by atoms with Crippen molar-refractivity contribution in [2.24, 2.45) is 5.73 Å². The molecule has 0 aromatic heterocycles. The molecule has 1 atom stereocenters. The van der Waals surface area contributed by atoms with Crippen LogP contribution in [0.5, 0.6) is 0 Å². The van der Waals surface area contributed by atoms with Crippen molar-refractivity contribution >= 4 is 11.0 Å². The Morgan fingerprint density at radius 3 is 2.84 bits per heavy atom. The monoisotopic (exact) mass is 276 g/mol. The molecule has 1 unspecified atom stereocenters. The minimum atomic E-state index is -1.15. The highest BCUT2D eigenvalue weighted by molar-refractivity contribution is 7.83. The molecule has 0 spiro atoms. The van der Waals surface area contributed by atoms with E-state index in [2.05, 4.69) is 16.6 Å². The molecule has 0 heterocycles. The fourth-order valence-electron chi connectivity index (χ4n) is 2.28. The molecule has 3 nitrogen and oxygen atoms in total. The average Bonchev–Trinajstić information content (AvgIpc) is 2.46. The molecule has 3 N–H and O–H groups in total. The van der Waals surface area contributed by atoms with Crippen molar-refractivity contribution < 1.29 is 4.21 Å². The summed E-state index contributed by atoms with van der Waals surface area (Å²) in [6, 6.07) is 7.92. The molecule has 19 heavy (non-hydrogen) atoms. The van der Waals surface area contributed by atoms with Crippen LogP contribution in [-0.2, 0) is 11.0 Å². The summed E-state index contributed by atoms with van der Waals surface area (Å²) in [7, 11) is -1.15. The van der Waals surface area contributed by atoms with Crippen molar-refractivity contribution in [3.8, 4) is 11.8 Å². The quantitative estimate of drug-likeness (QED) is 0.829. The highest BCUT2D eigenvalue weighted by Gasteiger charge is 2.16. The molecule has 1 fully saturated rings. The minimum absolute atomic E-state index is 0.341. The highest BCUT2D eigenvalue weighted by Crippen LogP contribution is 2.19. The summed E-state index contributed by atoms with van der Waals surface area (Å²) in [5, 5.41) is 0. The fourth-order valence-corrected chi connectivity index (χ4v) is 3.39. The van der Waals surface area contributed by atoms with Gasteiger partial charge in [-0.15, -0.1) is 0 Å². The van der Waals surface area contributed by atoms with E-state index in [0.717, 1.165) is 23.3 Å². The molecular formula is C15H20N2OS. The van der Waals surface area contributed by atoms with Crippen LogP contribution in [0.25, 0.3) is 0 Å². The van der Waals surface area contributed by atoms with Gasteiger partial charge in [0.2, 0.25) is 0 Å². The molecule has 1 saturated carbocycles. The van der Waals surface area contributed by atoms with E-state index in [1.54, 1.807) is 0 Å². The van der Waals surface area contributed by atoms with Crippen LogP contribution in [0.1, 0.15) is 37.7 Å². The van der Waals surface area contributed by atoms with E-state index in [1.165, 1.54) is 19.3 Å². The van der Waals surface area contributed by atoms with Gasteiger partial charge in [0.05, 0.1) is 11.4 Å². The Hall–Kier alpha value is -1.15. The van der Waals surface area contributed by atoms with Crippen LogP contribution < -0.4 is 10.5 Å². The van der Waals surface area contributed by atoms with Gasteiger partial charge in [-0.1, -0.05) is 37.2 Å². The summed E-state index contributed by atoms with van der Waals surface area (Å²) in [6.45, 7) is 0.341. The number of hydrogen-bond acceptors (Lipinski definition) is 2. The second kappa shape index (κ2) is 7.44. The molecule has 0 aliphatic heterocycles. The molecule has 1 aromatic rings. The van der Waals surface area contributed by atoms with E-state index < -0.39 is 11.0 Å². The van der Waals surface area contributed by atoms with Gasteiger partial charge in [-0.2, -0.15) is 0 Å². The molecule has 0 radical (unpaired) electrons. The second-order valence-electron chi connectivity index (χ2n) is 4.76. The van der Waals surface area contributed by atoms with Gasteiger partial charge in [-0.05, 0) is 31.0 Å². The molecule has 1 aliphatic carbocycles. The van der Waals surface area contributed by atoms with Gasteiger partial charge in [0.25, 0.3) is 0 Å². The van der Waals surface area contributed by atoms with Crippen LogP contribution in [0.2, 0.25) is 0 Å². The first-order chi connectivity index (χ1) is 9.29. The molecule has 0 bridgehead atoms. The summed E-state index contributed by atoms with van der Waals surface area (Å²) in [4.78, 5) is 0.786. The molecular weight excluding hydrogens is 256 g/mol. The first-order valence-electron chi connectivity index (χ1n) is 6.76. The van der Waals surface area contributed by atoms with Crippen LogP contribution in [-0.4, -0.2) is 16.8 Å². The van der Waals surface area contributed by atoms with Crippen molar-refractivity contribution in [1.82, 2.24) is 4.72 Å². The summed E-state index contributed by atoms with van der Waals surface area (Å²) >= 11 is 0. The van der Waals surface area contributed by atoms with Crippen molar-refractivity contribution in [1.29, 1.82) is 0 Å². The molecule has 4 heteroatoms. The minimum Gasteiger partial charge on any atom is -0.320 e. The van der Waals surface area contributed by atoms with Crippen molar-refractivity contribution in [2.75, 3.05) is 6.54 Å². The standard InChI is InChI=1S/C15H20N2OS/c16-11-5-7-13-6-4-10-15(12-13)19(18)17-14-8-2-1-3-9-14/h4,6,10,12,14,17H,1-3,8-9,11,16H2. The first kappa shape index (κ1) is 14.3. The van der Waals surface area contributed by atoms with E-state index in [1.807, 2.05) is 24.3 Å². The summed E-state index contributed by atoms with van der Waals surface area (Å²) < 4.78 is 15.5. The lowest BCUT2D eigenvalue weighted by Crippen LogP contribution is -2.32. The smallest absolute Gasteiger partial charge is 0.125 e.